The first kappa shape index (κ1) is 40.7. The van der Waals surface area contributed by atoms with Gasteiger partial charge in [-0.05, 0) is 72.4 Å². The van der Waals surface area contributed by atoms with Gasteiger partial charge in [-0.1, -0.05) is 93.7 Å². The summed E-state index contributed by atoms with van der Waals surface area (Å²) in [6.45, 7) is 11.4. The molecule has 0 aliphatic carbocycles. The number of fused-ring (bicyclic) bond motifs is 1. The van der Waals surface area contributed by atoms with E-state index < -0.39 is 18.4 Å². The number of benzene rings is 3. The van der Waals surface area contributed by atoms with E-state index >= 15 is 0 Å². The van der Waals surface area contributed by atoms with Crippen LogP contribution in [-0.2, 0) is 21.3 Å². The second-order valence-electron chi connectivity index (χ2n) is 14.0. The molecule has 13 heteroatoms. The van der Waals surface area contributed by atoms with Crippen LogP contribution in [0.3, 0.4) is 0 Å². The Bertz CT molecular complexity index is 1970. The van der Waals surface area contributed by atoms with Crippen molar-refractivity contribution in [3.05, 3.63) is 106 Å². The van der Waals surface area contributed by atoms with E-state index in [2.05, 4.69) is 33.9 Å². The van der Waals surface area contributed by atoms with Gasteiger partial charge in [0.25, 0.3) is 5.91 Å². The smallest absolute Gasteiger partial charge is 0.748 e. The third kappa shape index (κ3) is 11.0. The van der Waals surface area contributed by atoms with E-state index in [-0.39, 0.29) is 52.0 Å². The van der Waals surface area contributed by atoms with Gasteiger partial charge in [-0.3, -0.25) is 9.69 Å². The van der Waals surface area contributed by atoms with Crippen LogP contribution in [0.15, 0.2) is 94.7 Å². The monoisotopic (exact) mass is 755 g/mol. The van der Waals surface area contributed by atoms with Crippen LogP contribution in [0.4, 0.5) is 0 Å². The summed E-state index contributed by atoms with van der Waals surface area (Å²) in [5.41, 5.74) is 4.16. The molecular formula is C38H43ClN3NaO6SSi. The summed E-state index contributed by atoms with van der Waals surface area (Å²) in [6, 6.07) is 23.1. The molecule has 0 radical (unpaired) electrons. The molecule has 5 rings (SSSR count). The summed E-state index contributed by atoms with van der Waals surface area (Å²) < 4.78 is 44.6. The van der Waals surface area contributed by atoms with Crippen molar-refractivity contribution in [3.8, 4) is 11.5 Å². The molecule has 0 saturated carbocycles. The van der Waals surface area contributed by atoms with Gasteiger partial charge in [0.15, 0.2) is 5.84 Å². The Morgan fingerprint density at radius 1 is 0.941 bits per heavy atom. The largest absolute Gasteiger partial charge is 1.00 e. The number of unbranched alkanes of at least 4 members (excludes halogenated alkanes) is 3. The minimum Gasteiger partial charge on any atom is -0.748 e. The predicted octanol–water partition coefficient (Wildman–Crippen LogP) is 5.49. The van der Waals surface area contributed by atoms with Gasteiger partial charge in [0.1, 0.15) is 17.2 Å². The molecule has 0 saturated heterocycles. The number of rotatable bonds is 14. The van der Waals surface area contributed by atoms with Gasteiger partial charge >= 0.3 is 29.6 Å². The van der Waals surface area contributed by atoms with Gasteiger partial charge in [0, 0.05) is 23.9 Å². The molecule has 0 N–H and O–H groups in total. The first-order valence-electron chi connectivity index (χ1n) is 16.7. The van der Waals surface area contributed by atoms with Crippen LogP contribution in [0, 0.1) is 0 Å². The number of halogens is 1. The molecule has 0 spiro atoms. The zero-order chi connectivity index (χ0) is 36.1. The maximum Gasteiger partial charge on any atom is 1.00 e. The molecule has 0 bridgehead atoms. The van der Waals surface area contributed by atoms with Crippen molar-refractivity contribution in [3.63, 3.8) is 0 Å². The Morgan fingerprint density at radius 2 is 1.67 bits per heavy atom. The van der Waals surface area contributed by atoms with Crippen LogP contribution in [0.2, 0.25) is 23.2 Å². The Kier molecular flexibility index (Phi) is 13.7. The number of amides is 1. The van der Waals surface area contributed by atoms with E-state index in [1.807, 2.05) is 60.7 Å². The summed E-state index contributed by atoms with van der Waals surface area (Å²) in [7, 11) is -6.25. The summed E-state index contributed by atoms with van der Waals surface area (Å²) in [5.74, 6) is 1.15. The van der Waals surface area contributed by atoms with E-state index in [1.165, 1.54) is 0 Å². The number of hydrogen-bond donors (Lipinski definition) is 0. The van der Waals surface area contributed by atoms with Crippen molar-refractivity contribution >= 4 is 59.3 Å². The van der Waals surface area contributed by atoms with Crippen LogP contribution in [-0.4, -0.2) is 56.0 Å². The average Bonchev–Trinajstić information content (AvgIpc) is 3.35. The quantitative estimate of drug-likeness (QED) is 0.0930. The van der Waals surface area contributed by atoms with Crippen LogP contribution in [0.25, 0.3) is 11.8 Å². The van der Waals surface area contributed by atoms with Crippen molar-refractivity contribution in [1.29, 1.82) is 0 Å². The van der Waals surface area contributed by atoms with Gasteiger partial charge < -0.3 is 13.7 Å². The molecule has 3 aromatic carbocycles. The topological polar surface area (TPSA) is 121 Å². The Hall–Kier alpha value is -3.03. The molecule has 0 unspecified atom stereocenters. The maximum absolute atomic E-state index is 13.9. The van der Waals surface area contributed by atoms with E-state index in [9.17, 15) is 17.8 Å². The molecule has 264 valence electrons. The Balaban J connectivity index is 0.00000583. The van der Waals surface area contributed by atoms with E-state index in [0.717, 1.165) is 23.3 Å². The van der Waals surface area contributed by atoms with E-state index in [4.69, 9.17) is 30.7 Å². The zero-order valence-electron chi connectivity index (χ0n) is 30.1. The minimum atomic E-state index is -4.18. The number of carbonyl (C=O) groups excluding carboxylic acids is 1. The number of ether oxygens (including phenoxy) is 1. The Labute approximate surface area is 329 Å². The fourth-order valence-corrected chi connectivity index (χ4v) is 7.03. The second kappa shape index (κ2) is 17.2. The predicted molar refractivity (Wildman–Crippen MR) is 202 cm³/mol. The molecular weight excluding hydrogens is 713 g/mol. The molecule has 2 heterocycles. The molecule has 0 atom stereocenters. The van der Waals surface area contributed by atoms with Crippen molar-refractivity contribution in [2.75, 3.05) is 12.4 Å². The number of aliphatic imine (C=N–C) groups is 2. The Morgan fingerprint density at radius 3 is 2.35 bits per heavy atom. The fourth-order valence-electron chi connectivity index (χ4n) is 5.21. The minimum absolute atomic E-state index is 0. The third-order valence-corrected chi connectivity index (χ3v) is 14.4. The molecule has 9 nitrogen and oxygen atoms in total. The van der Waals surface area contributed by atoms with E-state index in [1.54, 1.807) is 29.3 Å². The molecule has 2 aliphatic heterocycles. The van der Waals surface area contributed by atoms with E-state index in [0.29, 0.717) is 65.9 Å². The van der Waals surface area contributed by atoms with Gasteiger partial charge in [-0.2, -0.15) is 0 Å². The van der Waals surface area contributed by atoms with Crippen LogP contribution < -0.4 is 38.7 Å². The number of carbonyl (C=O) groups is 1. The zero-order valence-corrected chi connectivity index (χ0v) is 34.7. The van der Waals surface area contributed by atoms with Gasteiger partial charge in [-0.15, -0.1) is 0 Å². The standard InChI is InChI=1S/C38H44ClN3O6SSi.Na/c1-38(2,3)50(4,5)48-30-17-13-16-29(25-30)34-26-42-36(32(40-34)23-27-14-9-8-10-15-27)41-33(37(42)43)24-28-18-19-35(31(39)22-28)47-20-11-6-7-12-21-49(44,45)46;/h8-10,13-19,22,24-26H,6-7,11-12,20-21,23H2,1-5H3,(H,44,45,46);/q;+1/p-1/b33-24-;. The van der Waals surface area contributed by atoms with Gasteiger partial charge in [-0.25, -0.2) is 18.4 Å². The summed E-state index contributed by atoms with van der Waals surface area (Å²) in [4.78, 5) is 25.2. The SMILES string of the molecule is CC(C)(C)[Si](C)(C)Oc1cccc(C2=CN3C(=O)/C(=C/c4ccc(OCCCCCCS(=O)(=O)[O-])c(Cl)c4)N=C3C(Cc3ccccc3)=N2)c1.[Na+]. The van der Waals surface area contributed by atoms with Crippen LogP contribution in [0.1, 0.15) is 63.1 Å². The molecule has 3 aromatic rings. The first-order valence-corrected chi connectivity index (χ1v) is 21.6. The summed E-state index contributed by atoms with van der Waals surface area (Å²) in [5, 5.41) is 0.429. The van der Waals surface area contributed by atoms with Crippen molar-refractivity contribution in [2.45, 2.75) is 71.0 Å². The van der Waals surface area contributed by atoms with Crippen molar-refractivity contribution < 1.29 is 56.5 Å². The van der Waals surface area contributed by atoms with Crippen LogP contribution >= 0.6 is 11.6 Å². The molecule has 2 aliphatic rings. The third-order valence-electron chi connectivity index (χ3n) is 8.99. The average molecular weight is 756 g/mol. The first-order chi connectivity index (χ1) is 23.6. The second-order valence-corrected chi connectivity index (χ2v) is 20.6. The van der Waals surface area contributed by atoms with Crippen molar-refractivity contribution in [1.82, 2.24) is 4.90 Å². The van der Waals surface area contributed by atoms with Gasteiger partial charge in [0.05, 0.1) is 33.2 Å². The number of amidine groups is 1. The molecule has 51 heavy (non-hydrogen) atoms. The molecule has 0 aromatic heterocycles. The molecule has 1 amide bonds. The van der Waals surface area contributed by atoms with Crippen LogP contribution in [0.5, 0.6) is 11.5 Å². The molecule has 0 fully saturated rings. The maximum atomic E-state index is 13.9. The van der Waals surface area contributed by atoms with Crippen molar-refractivity contribution in [2.24, 2.45) is 9.98 Å². The van der Waals surface area contributed by atoms with Gasteiger partial charge in [0.2, 0.25) is 8.32 Å². The summed E-state index contributed by atoms with van der Waals surface area (Å²) >= 11 is 6.54. The number of hydrogen-bond acceptors (Lipinski definition) is 8. The fraction of sp³-hybridized carbons (Fsp3) is 0.342. The normalized spacial score (nSPS) is 15.5. The summed E-state index contributed by atoms with van der Waals surface area (Å²) in [6.07, 6.45) is 6.33. The number of nitrogens with zero attached hydrogens (tertiary/aromatic N) is 3.